The lowest BCUT2D eigenvalue weighted by Gasteiger charge is -2.09. The fourth-order valence-electron chi connectivity index (χ4n) is 2.90. The number of aromatic hydroxyl groups is 1. The lowest BCUT2D eigenvalue weighted by molar-refractivity contribution is 0.102. The van der Waals surface area contributed by atoms with Crippen LogP contribution in [0.4, 0.5) is 5.69 Å². The van der Waals surface area contributed by atoms with Crippen molar-refractivity contribution in [1.82, 2.24) is 9.97 Å². The second-order valence-corrected chi connectivity index (χ2v) is 6.55. The molecule has 138 valence electrons. The molecule has 4 rings (SSSR count). The first-order valence-corrected chi connectivity index (χ1v) is 8.78. The summed E-state index contributed by atoms with van der Waals surface area (Å²) in [6.07, 6.45) is 1.24. The SMILES string of the molecule is O=C(Nc1cccc2c(O)cccc12)c1cnc(-c2ccc(Cl)cc2)[nH]c1=O. The van der Waals surface area contributed by atoms with E-state index in [0.717, 1.165) is 0 Å². The molecule has 0 atom stereocenters. The normalized spacial score (nSPS) is 10.8. The second-order valence-electron chi connectivity index (χ2n) is 6.11. The molecule has 1 aromatic heterocycles. The smallest absolute Gasteiger partial charge is 0.264 e. The predicted molar refractivity (Wildman–Crippen MR) is 109 cm³/mol. The van der Waals surface area contributed by atoms with Gasteiger partial charge in [0.1, 0.15) is 17.1 Å². The molecule has 0 aliphatic carbocycles. The van der Waals surface area contributed by atoms with Crippen LogP contribution in [0.5, 0.6) is 5.75 Å². The highest BCUT2D eigenvalue weighted by Gasteiger charge is 2.14. The molecule has 6 nitrogen and oxygen atoms in total. The van der Waals surface area contributed by atoms with Crippen molar-refractivity contribution in [3.63, 3.8) is 0 Å². The topological polar surface area (TPSA) is 95.1 Å². The van der Waals surface area contributed by atoms with E-state index in [9.17, 15) is 14.7 Å². The van der Waals surface area contributed by atoms with Crippen LogP contribution in [0.25, 0.3) is 22.2 Å². The number of anilines is 1. The van der Waals surface area contributed by atoms with Gasteiger partial charge in [-0.3, -0.25) is 9.59 Å². The molecule has 0 saturated carbocycles. The lowest BCUT2D eigenvalue weighted by atomic mass is 10.1. The van der Waals surface area contributed by atoms with E-state index in [1.165, 1.54) is 6.20 Å². The zero-order valence-electron chi connectivity index (χ0n) is 14.4. The van der Waals surface area contributed by atoms with Crippen molar-refractivity contribution in [2.75, 3.05) is 5.32 Å². The van der Waals surface area contributed by atoms with E-state index in [0.29, 0.717) is 32.9 Å². The number of carbonyl (C=O) groups excluding carboxylic acids is 1. The molecule has 0 bridgehead atoms. The molecule has 3 N–H and O–H groups in total. The molecular weight excluding hydrogens is 378 g/mol. The number of phenolic OH excluding ortho intramolecular Hbond substituents is 1. The van der Waals surface area contributed by atoms with Crippen LogP contribution in [-0.4, -0.2) is 21.0 Å². The van der Waals surface area contributed by atoms with Crippen molar-refractivity contribution >= 4 is 34.0 Å². The third-order valence-electron chi connectivity index (χ3n) is 4.31. The summed E-state index contributed by atoms with van der Waals surface area (Å²) in [5, 5.41) is 14.5. The Morgan fingerprint density at radius 2 is 1.71 bits per heavy atom. The van der Waals surface area contributed by atoms with Crippen LogP contribution in [0.3, 0.4) is 0 Å². The maximum atomic E-state index is 12.6. The van der Waals surface area contributed by atoms with Crippen molar-refractivity contribution in [1.29, 1.82) is 0 Å². The minimum Gasteiger partial charge on any atom is -0.507 e. The summed E-state index contributed by atoms with van der Waals surface area (Å²) in [4.78, 5) is 31.8. The van der Waals surface area contributed by atoms with Gasteiger partial charge in [0.15, 0.2) is 0 Å². The molecule has 7 heteroatoms. The van der Waals surface area contributed by atoms with Gasteiger partial charge >= 0.3 is 0 Å². The van der Waals surface area contributed by atoms with Crippen LogP contribution in [0.1, 0.15) is 10.4 Å². The Balaban J connectivity index is 1.65. The summed E-state index contributed by atoms with van der Waals surface area (Å²) in [5.74, 6) is -0.138. The van der Waals surface area contributed by atoms with Gasteiger partial charge in [-0.2, -0.15) is 0 Å². The van der Waals surface area contributed by atoms with Crippen LogP contribution < -0.4 is 10.9 Å². The van der Waals surface area contributed by atoms with Gasteiger partial charge < -0.3 is 15.4 Å². The maximum Gasteiger partial charge on any atom is 0.264 e. The highest BCUT2D eigenvalue weighted by Crippen LogP contribution is 2.29. The number of fused-ring (bicyclic) bond motifs is 1. The fourth-order valence-corrected chi connectivity index (χ4v) is 3.03. The van der Waals surface area contributed by atoms with Crippen LogP contribution in [-0.2, 0) is 0 Å². The van der Waals surface area contributed by atoms with Crippen molar-refractivity contribution in [2.24, 2.45) is 0 Å². The van der Waals surface area contributed by atoms with Gasteiger partial charge in [-0.25, -0.2) is 4.98 Å². The summed E-state index contributed by atoms with van der Waals surface area (Å²) in [7, 11) is 0. The van der Waals surface area contributed by atoms with E-state index in [1.54, 1.807) is 60.7 Å². The largest absolute Gasteiger partial charge is 0.507 e. The minimum absolute atomic E-state index is 0.112. The summed E-state index contributed by atoms with van der Waals surface area (Å²) < 4.78 is 0. The zero-order chi connectivity index (χ0) is 19.7. The highest BCUT2D eigenvalue weighted by atomic mass is 35.5. The van der Waals surface area contributed by atoms with Gasteiger partial charge in [-0.1, -0.05) is 35.9 Å². The number of hydrogen-bond donors (Lipinski definition) is 3. The first-order chi connectivity index (χ1) is 13.5. The Hall–Kier alpha value is -3.64. The number of benzene rings is 3. The molecule has 28 heavy (non-hydrogen) atoms. The molecule has 1 amide bonds. The quantitative estimate of drug-likeness (QED) is 0.487. The molecule has 1 heterocycles. The fraction of sp³-hybridized carbons (Fsp3) is 0. The highest BCUT2D eigenvalue weighted by molar-refractivity contribution is 6.30. The lowest BCUT2D eigenvalue weighted by Crippen LogP contribution is -2.24. The molecule has 0 spiro atoms. The van der Waals surface area contributed by atoms with Crippen molar-refractivity contribution < 1.29 is 9.90 Å². The Kier molecular flexibility index (Phi) is 4.55. The molecule has 0 aliphatic rings. The summed E-state index contributed by atoms with van der Waals surface area (Å²) in [5.41, 5.74) is 0.493. The number of amides is 1. The average molecular weight is 392 g/mol. The number of H-pyrrole nitrogens is 1. The van der Waals surface area contributed by atoms with E-state index in [4.69, 9.17) is 11.6 Å². The third kappa shape index (κ3) is 3.33. The van der Waals surface area contributed by atoms with Gasteiger partial charge in [0.05, 0.1) is 0 Å². The van der Waals surface area contributed by atoms with Gasteiger partial charge in [-0.15, -0.1) is 0 Å². The van der Waals surface area contributed by atoms with Crippen LogP contribution >= 0.6 is 11.6 Å². The van der Waals surface area contributed by atoms with E-state index in [-0.39, 0.29) is 11.3 Å². The summed E-state index contributed by atoms with van der Waals surface area (Å²) in [6, 6.07) is 17.0. The van der Waals surface area contributed by atoms with E-state index in [1.807, 2.05) is 0 Å². The number of aromatic amines is 1. The van der Waals surface area contributed by atoms with Crippen LogP contribution in [0, 0.1) is 0 Å². The Morgan fingerprint density at radius 3 is 2.46 bits per heavy atom. The van der Waals surface area contributed by atoms with Crippen molar-refractivity contribution in [3.8, 4) is 17.1 Å². The van der Waals surface area contributed by atoms with Gasteiger partial charge in [-0.05, 0) is 36.4 Å². The molecule has 0 saturated heterocycles. The third-order valence-corrected chi connectivity index (χ3v) is 4.56. The van der Waals surface area contributed by atoms with E-state index in [2.05, 4.69) is 15.3 Å². The number of aromatic nitrogens is 2. The molecule has 4 aromatic rings. The summed E-state index contributed by atoms with van der Waals surface area (Å²) in [6.45, 7) is 0. The van der Waals surface area contributed by atoms with Crippen molar-refractivity contribution in [3.05, 3.63) is 87.8 Å². The minimum atomic E-state index is -0.591. The molecule has 0 radical (unpaired) electrons. The number of halogens is 1. The molecular formula is C21H14ClN3O3. The molecule has 0 aliphatic heterocycles. The van der Waals surface area contributed by atoms with Crippen molar-refractivity contribution in [2.45, 2.75) is 0 Å². The van der Waals surface area contributed by atoms with Gasteiger partial charge in [0.2, 0.25) is 0 Å². The molecule has 0 fully saturated rings. The predicted octanol–water partition coefficient (Wildman–Crippen LogP) is 4.20. The number of hydrogen-bond acceptors (Lipinski definition) is 4. The number of rotatable bonds is 3. The summed E-state index contributed by atoms with van der Waals surface area (Å²) >= 11 is 5.86. The maximum absolute atomic E-state index is 12.6. The van der Waals surface area contributed by atoms with E-state index >= 15 is 0 Å². The number of phenols is 1. The van der Waals surface area contributed by atoms with Crippen LogP contribution in [0.15, 0.2) is 71.7 Å². The molecule has 0 unspecified atom stereocenters. The number of nitrogens with zero attached hydrogens (tertiary/aromatic N) is 1. The van der Waals surface area contributed by atoms with E-state index < -0.39 is 11.5 Å². The standard InChI is InChI=1S/C21H14ClN3O3/c22-13-9-7-12(8-10-13)19-23-11-16(21(28)25-19)20(27)24-17-5-1-4-15-14(17)3-2-6-18(15)26/h1-11,26H,(H,24,27)(H,23,25,28). The molecule has 3 aromatic carbocycles. The second kappa shape index (κ2) is 7.17. The number of nitrogens with one attached hydrogen (secondary N) is 2. The first kappa shape index (κ1) is 17.8. The Morgan fingerprint density at radius 1 is 1.00 bits per heavy atom. The van der Waals surface area contributed by atoms with Gasteiger partial charge in [0, 0.05) is 33.2 Å². The Labute approximate surface area is 164 Å². The first-order valence-electron chi connectivity index (χ1n) is 8.40. The monoisotopic (exact) mass is 391 g/mol. The zero-order valence-corrected chi connectivity index (χ0v) is 15.2. The Bertz CT molecular complexity index is 1250. The van der Waals surface area contributed by atoms with Gasteiger partial charge in [0.25, 0.3) is 11.5 Å². The number of carbonyl (C=O) groups is 1. The van der Waals surface area contributed by atoms with Crippen LogP contribution in [0.2, 0.25) is 5.02 Å². The average Bonchev–Trinajstić information content (AvgIpc) is 2.69.